The number of nitrogens with zero attached hydrogens (tertiary/aromatic N) is 1. The molecule has 0 atom stereocenters. The number of carbonyl (C=O) groups excluding carboxylic acids is 1. The average Bonchev–Trinajstić information content (AvgIpc) is 2.93. The van der Waals surface area contributed by atoms with Crippen molar-refractivity contribution in [2.45, 2.75) is 17.9 Å². The fourth-order valence-corrected chi connectivity index (χ4v) is 5.35. The maximum Gasteiger partial charge on any atom is 0.264 e. The lowest BCUT2D eigenvalue weighted by Crippen LogP contribution is -2.34. The quantitative estimate of drug-likeness (QED) is 0.313. The van der Waals surface area contributed by atoms with E-state index in [4.69, 9.17) is 4.74 Å². The molecule has 1 amide bonds. The van der Waals surface area contributed by atoms with Crippen molar-refractivity contribution >= 4 is 21.6 Å². The number of hydrogen-bond acceptors (Lipinski definition) is 4. The minimum Gasteiger partial charge on any atom is -0.497 e. The molecule has 0 unspecified atom stereocenters. The number of sulfonamides is 1. The Morgan fingerprint density at radius 2 is 1.49 bits per heavy atom. The number of para-hydroxylation sites is 1. The Morgan fingerprint density at radius 3 is 2.16 bits per heavy atom. The molecule has 0 radical (unpaired) electrons. The van der Waals surface area contributed by atoms with Gasteiger partial charge in [-0.05, 0) is 66.1 Å². The maximum absolute atomic E-state index is 13.9. The van der Waals surface area contributed by atoms with E-state index in [-0.39, 0.29) is 28.5 Å². The molecule has 4 aromatic carbocycles. The highest BCUT2D eigenvalue weighted by atomic mass is 32.2. The lowest BCUT2D eigenvalue weighted by atomic mass is 10.1. The highest BCUT2D eigenvalue weighted by molar-refractivity contribution is 7.92. The second-order valence-electron chi connectivity index (χ2n) is 8.32. The van der Waals surface area contributed by atoms with Gasteiger partial charge in [0.25, 0.3) is 15.9 Å². The molecule has 6 nitrogen and oxygen atoms in total. The second kappa shape index (κ2) is 11.7. The minimum absolute atomic E-state index is 0.0368. The molecule has 4 rings (SSSR count). The molecule has 8 heteroatoms. The molecular weight excluding hydrogens is 491 g/mol. The fraction of sp³-hybridized carbons (Fsp3) is 0.138. The Bertz CT molecular complexity index is 1440. The third kappa shape index (κ3) is 6.34. The van der Waals surface area contributed by atoms with E-state index in [9.17, 15) is 17.6 Å². The van der Waals surface area contributed by atoms with Crippen LogP contribution in [0, 0.1) is 5.82 Å². The van der Waals surface area contributed by atoms with Crippen molar-refractivity contribution in [1.82, 2.24) is 5.32 Å². The van der Waals surface area contributed by atoms with E-state index in [1.165, 1.54) is 35.7 Å². The number of anilines is 1. The largest absolute Gasteiger partial charge is 0.497 e. The SMILES string of the molecule is COc1ccc(S(=O)(=O)N(Cc2ccccc2)c2ccccc2C(=O)NCCc2ccc(F)cc2)cc1. The van der Waals surface area contributed by atoms with Gasteiger partial charge in [0.2, 0.25) is 0 Å². The van der Waals surface area contributed by atoms with E-state index in [1.54, 1.807) is 48.5 Å². The first-order valence-electron chi connectivity index (χ1n) is 11.7. The summed E-state index contributed by atoms with van der Waals surface area (Å²) in [6, 6.07) is 28.0. The normalized spacial score (nSPS) is 11.1. The van der Waals surface area contributed by atoms with Crippen LogP contribution in [0.5, 0.6) is 5.75 Å². The Labute approximate surface area is 216 Å². The van der Waals surface area contributed by atoms with E-state index in [2.05, 4.69) is 5.32 Å². The van der Waals surface area contributed by atoms with Crippen LogP contribution in [0.3, 0.4) is 0 Å². The monoisotopic (exact) mass is 518 g/mol. The van der Waals surface area contributed by atoms with E-state index < -0.39 is 15.9 Å². The molecular formula is C29H27FN2O4S. The zero-order valence-corrected chi connectivity index (χ0v) is 21.1. The van der Waals surface area contributed by atoms with Crippen molar-refractivity contribution in [3.05, 3.63) is 126 Å². The van der Waals surface area contributed by atoms with Crippen LogP contribution in [0.4, 0.5) is 10.1 Å². The number of amides is 1. The lowest BCUT2D eigenvalue weighted by Gasteiger charge is -2.26. The molecule has 0 aromatic heterocycles. The topological polar surface area (TPSA) is 75.7 Å². The summed E-state index contributed by atoms with van der Waals surface area (Å²) >= 11 is 0. The smallest absolute Gasteiger partial charge is 0.264 e. The molecule has 1 N–H and O–H groups in total. The van der Waals surface area contributed by atoms with E-state index in [1.807, 2.05) is 30.3 Å². The molecule has 0 bridgehead atoms. The first-order chi connectivity index (χ1) is 17.9. The van der Waals surface area contributed by atoms with Crippen LogP contribution in [0.2, 0.25) is 0 Å². The summed E-state index contributed by atoms with van der Waals surface area (Å²) in [6.45, 7) is 0.345. The van der Waals surface area contributed by atoms with Gasteiger partial charge < -0.3 is 10.1 Å². The molecule has 0 saturated heterocycles. The van der Waals surface area contributed by atoms with E-state index in [0.29, 0.717) is 18.7 Å². The van der Waals surface area contributed by atoms with Crippen molar-refractivity contribution in [3.63, 3.8) is 0 Å². The predicted molar refractivity (Wildman–Crippen MR) is 142 cm³/mol. The molecule has 0 saturated carbocycles. The number of halogens is 1. The van der Waals surface area contributed by atoms with Crippen molar-refractivity contribution in [1.29, 1.82) is 0 Å². The molecule has 0 aliphatic rings. The van der Waals surface area contributed by atoms with Crippen LogP contribution in [-0.2, 0) is 23.0 Å². The second-order valence-corrected chi connectivity index (χ2v) is 10.2. The van der Waals surface area contributed by atoms with Crippen LogP contribution in [0.15, 0.2) is 108 Å². The summed E-state index contributed by atoms with van der Waals surface area (Å²) in [4.78, 5) is 13.3. The Morgan fingerprint density at radius 1 is 0.838 bits per heavy atom. The molecule has 0 spiro atoms. The number of nitrogens with one attached hydrogen (secondary N) is 1. The third-order valence-corrected chi connectivity index (χ3v) is 7.62. The summed E-state index contributed by atoms with van der Waals surface area (Å²) in [7, 11) is -2.53. The Kier molecular flexibility index (Phi) is 8.20. The number of rotatable bonds is 10. The summed E-state index contributed by atoms with van der Waals surface area (Å²) < 4.78 is 47.3. The van der Waals surface area contributed by atoms with Crippen molar-refractivity contribution in [2.24, 2.45) is 0 Å². The molecule has 190 valence electrons. The van der Waals surface area contributed by atoms with Crippen LogP contribution in [-0.4, -0.2) is 28.0 Å². The molecule has 0 aliphatic carbocycles. The first kappa shape index (κ1) is 25.9. The highest BCUT2D eigenvalue weighted by Crippen LogP contribution is 2.30. The van der Waals surface area contributed by atoms with Crippen LogP contribution in [0.25, 0.3) is 0 Å². The van der Waals surface area contributed by atoms with Gasteiger partial charge in [-0.15, -0.1) is 0 Å². The fourth-order valence-electron chi connectivity index (χ4n) is 3.87. The minimum atomic E-state index is -4.04. The van der Waals surface area contributed by atoms with Crippen LogP contribution >= 0.6 is 0 Å². The van der Waals surface area contributed by atoms with Gasteiger partial charge in [-0.3, -0.25) is 9.10 Å². The summed E-state index contributed by atoms with van der Waals surface area (Å²) in [6.07, 6.45) is 0.506. The van der Waals surface area contributed by atoms with Gasteiger partial charge in [-0.1, -0.05) is 54.6 Å². The summed E-state index contributed by atoms with van der Waals surface area (Å²) in [5, 5.41) is 2.86. The third-order valence-electron chi connectivity index (χ3n) is 5.85. The van der Waals surface area contributed by atoms with Crippen LogP contribution < -0.4 is 14.4 Å². The zero-order chi connectivity index (χ0) is 26.3. The van der Waals surface area contributed by atoms with Gasteiger partial charge in [-0.2, -0.15) is 0 Å². The number of benzene rings is 4. The number of methoxy groups -OCH3 is 1. The molecule has 37 heavy (non-hydrogen) atoms. The van der Waals surface area contributed by atoms with Gasteiger partial charge in [0.1, 0.15) is 11.6 Å². The van der Waals surface area contributed by atoms with Crippen molar-refractivity contribution < 1.29 is 22.3 Å². The molecule has 0 aliphatic heterocycles. The van der Waals surface area contributed by atoms with E-state index in [0.717, 1.165) is 11.1 Å². The lowest BCUT2D eigenvalue weighted by molar-refractivity contribution is 0.0954. The van der Waals surface area contributed by atoms with Gasteiger partial charge in [0.15, 0.2) is 0 Å². The van der Waals surface area contributed by atoms with Gasteiger partial charge >= 0.3 is 0 Å². The number of ether oxygens (including phenoxy) is 1. The van der Waals surface area contributed by atoms with Gasteiger partial charge in [0, 0.05) is 6.54 Å². The zero-order valence-electron chi connectivity index (χ0n) is 20.3. The number of hydrogen-bond donors (Lipinski definition) is 1. The summed E-state index contributed by atoms with van der Waals surface area (Å²) in [5.41, 5.74) is 2.14. The van der Waals surface area contributed by atoms with Gasteiger partial charge in [0.05, 0.1) is 29.8 Å². The molecule has 0 heterocycles. The van der Waals surface area contributed by atoms with E-state index >= 15 is 0 Å². The van der Waals surface area contributed by atoms with Crippen LogP contribution in [0.1, 0.15) is 21.5 Å². The molecule has 0 fully saturated rings. The maximum atomic E-state index is 13.9. The molecule has 4 aromatic rings. The first-order valence-corrected chi connectivity index (χ1v) is 13.1. The van der Waals surface area contributed by atoms with Crippen molar-refractivity contribution in [2.75, 3.05) is 18.0 Å². The Hall–Kier alpha value is -4.17. The highest BCUT2D eigenvalue weighted by Gasteiger charge is 2.28. The average molecular weight is 519 g/mol. The summed E-state index contributed by atoms with van der Waals surface area (Å²) in [5.74, 6) is -0.187. The Balaban J connectivity index is 1.65. The van der Waals surface area contributed by atoms with Gasteiger partial charge in [-0.25, -0.2) is 12.8 Å². The van der Waals surface area contributed by atoms with Crippen molar-refractivity contribution in [3.8, 4) is 5.75 Å². The predicted octanol–water partition coefficient (Wildman–Crippen LogP) is 5.20. The standard InChI is InChI=1S/C29H27FN2O4S/c1-36-25-15-17-26(18-16-25)37(34,35)32(21-23-7-3-2-4-8-23)28-10-6-5-9-27(28)29(33)31-20-19-22-11-13-24(30)14-12-22/h2-18H,19-21H2,1H3,(H,31,33). The number of carbonyl (C=O) groups is 1.